The fourth-order valence-corrected chi connectivity index (χ4v) is 2.10. The zero-order valence-corrected chi connectivity index (χ0v) is 12.3. The lowest BCUT2D eigenvalue weighted by Crippen LogP contribution is -1.96. The van der Waals surface area contributed by atoms with Gasteiger partial charge in [-0.15, -0.1) is 5.10 Å². The van der Waals surface area contributed by atoms with Crippen molar-refractivity contribution >= 4 is 17.2 Å². The Labute approximate surface area is 132 Å². The molecule has 1 aromatic heterocycles. The number of hydrogen-bond donors (Lipinski definition) is 2. The van der Waals surface area contributed by atoms with Gasteiger partial charge in [0.25, 0.3) is 0 Å². The summed E-state index contributed by atoms with van der Waals surface area (Å²) in [6.07, 6.45) is 0. The third-order valence-corrected chi connectivity index (χ3v) is 3.19. The Morgan fingerprint density at radius 1 is 1.09 bits per heavy atom. The number of nitro groups is 1. The van der Waals surface area contributed by atoms with Gasteiger partial charge in [-0.05, 0) is 43.3 Å². The molecular weight excluding hydrogens is 296 g/mol. The highest BCUT2D eigenvalue weighted by Crippen LogP contribution is 2.29. The summed E-state index contributed by atoms with van der Waals surface area (Å²) >= 11 is 0. The van der Waals surface area contributed by atoms with Crippen LogP contribution in [0, 0.1) is 17.0 Å². The highest BCUT2D eigenvalue weighted by molar-refractivity contribution is 5.67. The molecule has 3 aromatic rings. The van der Waals surface area contributed by atoms with E-state index in [1.807, 2.05) is 30.3 Å². The van der Waals surface area contributed by atoms with Gasteiger partial charge < -0.3 is 10.1 Å². The molecule has 3 rings (SSSR count). The van der Waals surface area contributed by atoms with Crippen molar-refractivity contribution < 1.29 is 9.66 Å². The Kier molecular flexibility index (Phi) is 3.92. The van der Waals surface area contributed by atoms with Crippen LogP contribution in [0.4, 0.5) is 17.2 Å². The van der Waals surface area contributed by atoms with Gasteiger partial charge in [0, 0.05) is 5.69 Å². The summed E-state index contributed by atoms with van der Waals surface area (Å²) in [7, 11) is 0. The summed E-state index contributed by atoms with van der Waals surface area (Å²) < 4.78 is 5.69. The molecule has 0 aliphatic heterocycles. The van der Waals surface area contributed by atoms with E-state index in [9.17, 15) is 10.1 Å². The molecular formula is C16H14N4O3. The van der Waals surface area contributed by atoms with Crippen LogP contribution in [0.5, 0.6) is 11.5 Å². The molecule has 0 unspecified atom stereocenters. The number of nitrogens with one attached hydrogen (secondary N) is 2. The molecule has 0 aliphatic carbocycles. The van der Waals surface area contributed by atoms with E-state index >= 15 is 0 Å². The third-order valence-electron chi connectivity index (χ3n) is 3.19. The van der Waals surface area contributed by atoms with Crippen LogP contribution in [0.1, 0.15) is 5.69 Å². The standard InChI is InChI=1S/C16H14N4O3/c1-11-15(20(21)22)16(19-18-11)17-12-7-9-14(10-8-12)23-13-5-3-2-4-6-13/h2-10H,1H3,(H2,17,18,19). The van der Waals surface area contributed by atoms with E-state index in [-0.39, 0.29) is 11.5 Å². The number of ether oxygens (including phenoxy) is 1. The fraction of sp³-hybridized carbons (Fsp3) is 0.0625. The maximum Gasteiger partial charge on any atom is 0.333 e. The molecule has 0 radical (unpaired) electrons. The molecule has 2 N–H and O–H groups in total. The van der Waals surface area contributed by atoms with Crippen LogP contribution in [0.3, 0.4) is 0 Å². The molecule has 0 amide bonds. The van der Waals surface area contributed by atoms with Gasteiger partial charge in [-0.3, -0.25) is 15.2 Å². The molecule has 0 fully saturated rings. The van der Waals surface area contributed by atoms with Crippen molar-refractivity contribution in [3.8, 4) is 11.5 Å². The van der Waals surface area contributed by atoms with Gasteiger partial charge in [0.2, 0.25) is 5.82 Å². The molecule has 116 valence electrons. The minimum absolute atomic E-state index is 0.0605. The fourth-order valence-electron chi connectivity index (χ4n) is 2.10. The van der Waals surface area contributed by atoms with Crippen molar-refractivity contribution in [2.75, 3.05) is 5.32 Å². The molecule has 2 aromatic carbocycles. The average Bonchev–Trinajstić information content (AvgIpc) is 2.91. The van der Waals surface area contributed by atoms with E-state index in [0.717, 1.165) is 5.75 Å². The zero-order valence-electron chi connectivity index (χ0n) is 12.3. The summed E-state index contributed by atoms with van der Waals surface area (Å²) in [4.78, 5) is 10.6. The molecule has 0 saturated heterocycles. The number of anilines is 2. The monoisotopic (exact) mass is 310 g/mol. The van der Waals surface area contributed by atoms with E-state index in [2.05, 4.69) is 15.5 Å². The number of para-hydroxylation sites is 1. The second-order valence-corrected chi connectivity index (χ2v) is 4.87. The first kappa shape index (κ1) is 14.6. The maximum atomic E-state index is 11.0. The highest BCUT2D eigenvalue weighted by Gasteiger charge is 2.21. The molecule has 0 atom stereocenters. The van der Waals surface area contributed by atoms with Crippen LogP contribution in [-0.4, -0.2) is 15.1 Å². The van der Waals surface area contributed by atoms with Crippen LogP contribution in [-0.2, 0) is 0 Å². The molecule has 1 heterocycles. The van der Waals surface area contributed by atoms with E-state index in [1.165, 1.54) is 0 Å². The van der Waals surface area contributed by atoms with Gasteiger partial charge in [-0.2, -0.15) is 0 Å². The second kappa shape index (κ2) is 6.18. The van der Waals surface area contributed by atoms with Crippen molar-refractivity contribution in [3.63, 3.8) is 0 Å². The number of aromatic nitrogens is 2. The molecule has 0 saturated carbocycles. The lowest BCUT2D eigenvalue weighted by atomic mass is 10.3. The van der Waals surface area contributed by atoms with Gasteiger partial charge in [-0.25, -0.2) is 0 Å². The number of aromatic amines is 1. The first-order chi connectivity index (χ1) is 11.1. The van der Waals surface area contributed by atoms with Crippen molar-refractivity contribution in [1.82, 2.24) is 10.2 Å². The van der Waals surface area contributed by atoms with E-state index in [0.29, 0.717) is 17.1 Å². The van der Waals surface area contributed by atoms with Gasteiger partial charge in [-0.1, -0.05) is 18.2 Å². The van der Waals surface area contributed by atoms with Crippen molar-refractivity contribution in [1.29, 1.82) is 0 Å². The lowest BCUT2D eigenvalue weighted by molar-refractivity contribution is -0.384. The third kappa shape index (κ3) is 3.29. The van der Waals surface area contributed by atoms with Crippen molar-refractivity contribution in [2.24, 2.45) is 0 Å². The maximum absolute atomic E-state index is 11.0. The largest absolute Gasteiger partial charge is 0.457 e. The van der Waals surface area contributed by atoms with Crippen molar-refractivity contribution in [3.05, 3.63) is 70.4 Å². The quantitative estimate of drug-likeness (QED) is 0.545. The first-order valence-electron chi connectivity index (χ1n) is 6.93. The second-order valence-electron chi connectivity index (χ2n) is 4.87. The summed E-state index contributed by atoms with van der Waals surface area (Å²) in [5, 5.41) is 20.5. The predicted molar refractivity (Wildman–Crippen MR) is 86.2 cm³/mol. The molecule has 0 spiro atoms. The van der Waals surface area contributed by atoms with Crippen LogP contribution >= 0.6 is 0 Å². The topological polar surface area (TPSA) is 93.1 Å². The number of rotatable bonds is 5. The van der Waals surface area contributed by atoms with E-state index < -0.39 is 4.92 Å². The minimum Gasteiger partial charge on any atom is -0.457 e. The summed E-state index contributed by atoms with van der Waals surface area (Å²) in [5.74, 6) is 1.60. The van der Waals surface area contributed by atoms with Gasteiger partial charge in [0.05, 0.1) is 4.92 Å². The summed E-state index contributed by atoms with van der Waals surface area (Å²) in [6, 6.07) is 16.5. The van der Waals surface area contributed by atoms with Crippen LogP contribution in [0.2, 0.25) is 0 Å². The smallest absolute Gasteiger partial charge is 0.333 e. The zero-order chi connectivity index (χ0) is 16.2. The van der Waals surface area contributed by atoms with Crippen LogP contribution in [0.25, 0.3) is 0 Å². The number of hydrogen-bond acceptors (Lipinski definition) is 5. The Morgan fingerprint density at radius 3 is 2.39 bits per heavy atom. The predicted octanol–water partition coefficient (Wildman–Crippen LogP) is 4.16. The first-order valence-corrected chi connectivity index (χ1v) is 6.93. The Balaban J connectivity index is 1.74. The Bertz CT molecular complexity index is 813. The minimum atomic E-state index is -0.464. The summed E-state index contributed by atoms with van der Waals surface area (Å²) in [6.45, 7) is 1.60. The van der Waals surface area contributed by atoms with Gasteiger partial charge in [0.1, 0.15) is 17.2 Å². The van der Waals surface area contributed by atoms with Crippen molar-refractivity contribution in [2.45, 2.75) is 6.92 Å². The molecule has 0 aliphatic rings. The van der Waals surface area contributed by atoms with E-state index in [1.54, 1.807) is 31.2 Å². The molecule has 7 heteroatoms. The number of benzene rings is 2. The Hall–Kier alpha value is -3.35. The normalized spacial score (nSPS) is 10.3. The number of aryl methyl sites for hydroxylation is 1. The molecule has 0 bridgehead atoms. The van der Waals surface area contributed by atoms with Crippen LogP contribution in [0.15, 0.2) is 54.6 Å². The Morgan fingerprint density at radius 2 is 1.74 bits per heavy atom. The van der Waals surface area contributed by atoms with Crippen LogP contribution < -0.4 is 10.1 Å². The highest BCUT2D eigenvalue weighted by atomic mass is 16.6. The summed E-state index contributed by atoms with van der Waals surface area (Å²) in [5.41, 5.74) is 1.02. The average molecular weight is 310 g/mol. The SMILES string of the molecule is Cc1[nH]nc(Nc2ccc(Oc3ccccc3)cc2)c1[N+](=O)[O-]. The van der Waals surface area contributed by atoms with E-state index in [4.69, 9.17) is 4.74 Å². The molecule has 23 heavy (non-hydrogen) atoms. The van der Waals surface area contributed by atoms with Gasteiger partial charge >= 0.3 is 5.69 Å². The van der Waals surface area contributed by atoms with Gasteiger partial charge in [0.15, 0.2) is 0 Å². The number of nitrogens with zero attached hydrogens (tertiary/aromatic N) is 2. The lowest BCUT2D eigenvalue weighted by Gasteiger charge is -2.07. The number of H-pyrrole nitrogens is 1. The molecule has 7 nitrogen and oxygen atoms in total.